The van der Waals surface area contributed by atoms with Crippen molar-refractivity contribution in [1.29, 1.82) is 0 Å². The smallest absolute Gasteiger partial charge is 0.237 e. The number of aromatic nitrogens is 1. The van der Waals surface area contributed by atoms with Crippen LogP contribution in [0, 0.1) is 0 Å². The van der Waals surface area contributed by atoms with E-state index in [4.69, 9.17) is 4.74 Å². The Labute approximate surface area is 164 Å². The van der Waals surface area contributed by atoms with Gasteiger partial charge in [0.15, 0.2) is 0 Å². The normalized spacial score (nSPS) is 16.0. The Bertz CT molecular complexity index is 744. The minimum absolute atomic E-state index is 0.0371. The van der Waals surface area contributed by atoms with Crippen LogP contribution in [0.3, 0.4) is 0 Å². The Morgan fingerprint density at radius 1 is 1.15 bits per heavy atom. The molecule has 2 heterocycles. The zero-order chi connectivity index (χ0) is 19.2. The molecule has 0 spiro atoms. The highest BCUT2D eigenvalue weighted by atomic mass is 32.2. The van der Waals surface area contributed by atoms with Crippen molar-refractivity contribution >= 4 is 29.2 Å². The number of nitrogens with zero attached hydrogens (tertiary/aromatic N) is 3. The van der Waals surface area contributed by atoms with E-state index in [1.165, 1.54) is 11.8 Å². The van der Waals surface area contributed by atoms with Gasteiger partial charge in [-0.1, -0.05) is 0 Å². The minimum atomic E-state index is -0.212. The predicted molar refractivity (Wildman–Crippen MR) is 111 cm³/mol. The van der Waals surface area contributed by atoms with Gasteiger partial charge in [-0.3, -0.25) is 4.79 Å². The monoisotopic (exact) mass is 386 g/mol. The molecule has 1 aromatic heterocycles. The number of rotatable bonds is 6. The van der Waals surface area contributed by atoms with E-state index in [0.29, 0.717) is 0 Å². The van der Waals surface area contributed by atoms with Crippen molar-refractivity contribution in [2.45, 2.75) is 17.1 Å². The van der Waals surface area contributed by atoms with Crippen LogP contribution in [0.2, 0.25) is 0 Å². The van der Waals surface area contributed by atoms with Gasteiger partial charge in [0.1, 0.15) is 11.6 Å². The van der Waals surface area contributed by atoms with Gasteiger partial charge < -0.3 is 19.9 Å². The van der Waals surface area contributed by atoms with E-state index in [2.05, 4.69) is 27.1 Å². The standard InChI is InChI=1S/C20H26N4O2S/c1-15(27-18-7-5-17(26-3)6-8-18)20(25)22-16-4-9-19(21-14-16)24-12-10-23(2)11-13-24/h4-9,14-15H,10-13H2,1-3H3,(H,22,25). The average Bonchev–Trinajstić information content (AvgIpc) is 2.70. The van der Waals surface area contributed by atoms with Crippen LogP contribution in [0.5, 0.6) is 5.75 Å². The lowest BCUT2D eigenvalue weighted by atomic mass is 10.3. The SMILES string of the molecule is COc1ccc(SC(C)C(=O)Nc2ccc(N3CCN(C)CC3)nc2)cc1. The molecule has 1 saturated heterocycles. The molecule has 1 N–H and O–H groups in total. The van der Waals surface area contributed by atoms with Crippen molar-refractivity contribution in [3.8, 4) is 5.75 Å². The summed E-state index contributed by atoms with van der Waals surface area (Å²) in [5.74, 6) is 1.73. The first-order valence-corrected chi connectivity index (χ1v) is 9.94. The van der Waals surface area contributed by atoms with E-state index in [1.54, 1.807) is 13.3 Å². The molecule has 1 atom stereocenters. The highest BCUT2D eigenvalue weighted by molar-refractivity contribution is 8.00. The van der Waals surface area contributed by atoms with Crippen LogP contribution in [0.25, 0.3) is 0 Å². The van der Waals surface area contributed by atoms with E-state index < -0.39 is 0 Å². The molecule has 7 heteroatoms. The van der Waals surface area contributed by atoms with Gasteiger partial charge in [0.2, 0.25) is 5.91 Å². The lowest BCUT2D eigenvalue weighted by molar-refractivity contribution is -0.115. The second kappa shape index (κ2) is 9.10. The van der Waals surface area contributed by atoms with Gasteiger partial charge in [-0.15, -0.1) is 11.8 Å². The topological polar surface area (TPSA) is 57.7 Å². The number of nitrogens with one attached hydrogen (secondary N) is 1. The maximum atomic E-state index is 12.5. The Morgan fingerprint density at radius 2 is 1.85 bits per heavy atom. The summed E-state index contributed by atoms with van der Waals surface area (Å²) in [7, 11) is 3.77. The first kappa shape index (κ1) is 19.5. The highest BCUT2D eigenvalue weighted by Gasteiger charge is 2.17. The number of pyridine rings is 1. The Morgan fingerprint density at radius 3 is 2.44 bits per heavy atom. The van der Waals surface area contributed by atoms with Crippen LogP contribution in [-0.2, 0) is 4.79 Å². The predicted octanol–water partition coefficient (Wildman–Crippen LogP) is 2.96. The highest BCUT2D eigenvalue weighted by Crippen LogP contribution is 2.26. The number of piperazine rings is 1. The Kier molecular flexibility index (Phi) is 6.58. The van der Waals surface area contributed by atoms with Gasteiger partial charge in [-0.2, -0.15) is 0 Å². The van der Waals surface area contributed by atoms with Crippen molar-refractivity contribution in [1.82, 2.24) is 9.88 Å². The van der Waals surface area contributed by atoms with Crippen molar-refractivity contribution in [2.24, 2.45) is 0 Å². The first-order chi connectivity index (χ1) is 13.0. The van der Waals surface area contributed by atoms with E-state index >= 15 is 0 Å². The summed E-state index contributed by atoms with van der Waals surface area (Å²) >= 11 is 1.52. The van der Waals surface area contributed by atoms with Gasteiger partial charge >= 0.3 is 0 Å². The molecule has 0 bridgehead atoms. The number of hydrogen-bond donors (Lipinski definition) is 1. The summed E-state index contributed by atoms with van der Waals surface area (Å²) in [5.41, 5.74) is 0.722. The number of likely N-dealkylation sites (N-methyl/N-ethyl adjacent to an activating group) is 1. The number of thioether (sulfide) groups is 1. The summed E-state index contributed by atoms with van der Waals surface area (Å²) in [6.07, 6.45) is 1.73. The third kappa shape index (κ3) is 5.37. The maximum Gasteiger partial charge on any atom is 0.237 e. The van der Waals surface area contributed by atoms with E-state index in [0.717, 1.165) is 48.3 Å². The number of carbonyl (C=O) groups excluding carboxylic acids is 1. The third-order valence-electron chi connectivity index (χ3n) is 4.58. The molecular weight excluding hydrogens is 360 g/mol. The number of hydrogen-bond acceptors (Lipinski definition) is 6. The summed E-state index contributed by atoms with van der Waals surface area (Å²) < 4.78 is 5.16. The van der Waals surface area contributed by atoms with Gasteiger partial charge in [0.05, 0.1) is 24.2 Å². The van der Waals surface area contributed by atoms with Crippen LogP contribution < -0.4 is 15.0 Å². The molecule has 1 aliphatic heterocycles. The van der Waals surface area contributed by atoms with Crippen LogP contribution in [-0.4, -0.2) is 61.4 Å². The van der Waals surface area contributed by atoms with Gasteiger partial charge in [-0.25, -0.2) is 4.98 Å². The van der Waals surface area contributed by atoms with E-state index in [1.807, 2.05) is 43.3 Å². The molecule has 3 rings (SSSR count). The summed E-state index contributed by atoms with van der Waals surface area (Å²) in [6.45, 7) is 5.94. The van der Waals surface area contributed by atoms with Gasteiger partial charge in [-0.05, 0) is 50.4 Å². The van der Waals surface area contributed by atoms with Crippen molar-refractivity contribution in [2.75, 3.05) is 50.6 Å². The fraction of sp³-hybridized carbons (Fsp3) is 0.400. The summed E-state index contributed by atoms with van der Waals surface area (Å²) in [5, 5.41) is 2.74. The van der Waals surface area contributed by atoms with Crippen LogP contribution in [0.15, 0.2) is 47.5 Å². The molecule has 1 fully saturated rings. The number of ether oxygens (including phenoxy) is 1. The second-order valence-electron chi connectivity index (χ2n) is 6.62. The second-order valence-corrected chi connectivity index (χ2v) is 8.03. The molecule has 1 aromatic carbocycles. The molecular formula is C20H26N4O2S. The largest absolute Gasteiger partial charge is 0.497 e. The van der Waals surface area contributed by atoms with Crippen LogP contribution >= 0.6 is 11.8 Å². The quantitative estimate of drug-likeness (QED) is 0.771. The fourth-order valence-electron chi connectivity index (χ4n) is 2.84. The molecule has 6 nitrogen and oxygen atoms in total. The average molecular weight is 387 g/mol. The van der Waals surface area contributed by atoms with Gasteiger partial charge in [0.25, 0.3) is 0 Å². The molecule has 0 radical (unpaired) electrons. The molecule has 0 aliphatic carbocycles. The number of benzene rings is 1. The van der Waals surface area contributed by atoms with Crippen molar-refractivity contribution in [3.05, 3.63) is 42.6 Å². The Balaban J connectivity index is 1.53. The van der Waals surface area contributed by atoms with Crippen molar-refractivity contribution < 1.29 is 9.53 Å². The molecule has 27 heavy (non-hydrogen) atoms. The molecule has 2 aromatic rings. The lowest BCUT2D eigenvalue weighted by Crippen LogP contribution is -2.44. The Hall–Kier alpha value is -2.25. The fourth-order valence-corrected chi connectivity index (χ4v) is 3.71. The maximum absolute atomic E-state index is 12.5. The first-order valence-electron chi connectivity index (χ1n) is 9.06. The zero-order valence-corrected chi connectivity index (χ0v) is 16.8. The molecule has 144 valence electrons. The number of methoxy groups -OCH3 is 1. The van der Waals surface area contributed by atoms with Crippen LogP contribution in [0.1, 0.15) is 6.92 Å². The number of carbonyl (C=O) groups is 1. The lowest BCUT2D eigenvalue weighted by Gasteiger charge is -2.33. The molecule has 0 saturated carbocycles. The van der Waals surface area contributed by atoms with E-state index in [-0.39, 0.29) is 11.2 Å². The molecule has 1 amide bonds. The minimum Gasteiger partial charge on any atom is -0.497 e. The van der Waals surface area contributed by atoms with E-state index in [9.17, 15) is 4.79 Å². The third-order valence-corrected chi connectivity index (χ3v) is 5.70. The molecule has 1 aliphatic rings. The number of amides is 1. The summed E-state index contributed by atoms with van der Waals surface area (Å²) in [6, 6.07) is 11.6. The molecule has 1 unspecified atom stereocenters. The number of anilines is 2. The van der Waals surface area contributed by atoms with Gasteiger partial charge in [0, 0.05) is 31.1 Å². The summed E-state index contributed by atoms with van der Waals surface area (Å²) in [4.78, 5) is 22.6. The van der Waals surface area contributed by atoms with Crippen molar-refractivity contribution in [3.63, 3.8) is 0 Å². The zero-order valence-electron chi connectivity index (χ0n) is 16.0. The van der Waals surface area contributed by atoms with Crippen LogP contribution in [0.4, 0.5) is 11.5 Å².